The van der Waals surface area contributed by atoms with E-state index in [0.717, 1.165) is 16.6 Å². The Kier molecular flexibility index (Phi) is 9.03. The molecule has 0 aliphatic rings. The molecular formula is C24H32N4O7S. The quantitative estimate of drug-likeness (QED) is 0.375. The molecule has 0 aromatic heterocycles. The third-order valence-corrected chi connectivity index (χ3v) is 6.30. The summed E-state index contributed by atoms with van der Waals surface area (Å²) in [7, 11) is -2.50. The SMILES string of the molecule is COc1cccc(CN(C(=O)CN(c2cccc([N+](=O)[O-])c2)S(C)(=O)=O)[C@@H](C)C(=O)NC(C)(C)C)c1. The van der Waals surface area contributed by atoms with Crippen molar-refractivity contribution < 1.29 is 27.7 Å². The summed E-state index contributed by atoms with van der Waals surface area (Å²) in [5.41, 5.74) is -0.245. The highest BCUT2D eigenvalue weighted by molar-refractivity contribution is 7.92. The first-order valence-electron chi connectivity index (χ1n) is 11.1. The van der Waals surface area contributed by atoms with Crippen molar-refractivity contribution in [1.82, 2.24) is 10.2 Å². The van der Waals surface area contributed by atoms with Crippen molar-refractivity contribution in [2.75, 3.05) is 24.2 Å². The molecule has 1 atom stereocenters. The summed E-state index contributed by atoms with van der Waals surface area (Å²) in [6.45, 7) is 6.31. The van der Waals surface area contributed by atoms with Gasteiger partial charge in [0.1, 0.15) is 18.3 Å². The molecule has 12 heteroatoms. The Balaban J connectivity index is 2.46. The number of benzene rings is 2. The van der Waals surface area contributed by atoms with Gasteiger partial charge in [-0.1, -0.05) is 18.2 Å². The number of hydrogen-bond donors (Lipinski definition) is 1. The fourth-order valence-electron chi connectivity index (χ4n) is 3.40. The number of anilines is 1. The topological polar surface area (TPSA) is 139 Å². The molecule has 0 radical (unpaired) electrons. The van der Waals surface area contributed by atoms with E-state index in [2.05, 4.69) is 5.32 Å². The lowest BCUT2D eigenvalue weighted by atomic mass is 10.1. The maximum atomic E-state index is 13.5. The number of amides is 2. The highest BCUT2D eigenvalue weighted by atomic mass is 32.2. The molecule has 0 aliphatic carbocycles. The molecule has 0 fully saturated rings. The van der Waals surface area contributed by atoms with Gasteiger partial charge in [0.15, 0.2) is 0 Å². The van der Waals surface area contributed by atoms with Gasteiger partial charge in [-0.3, -0.25) is 24.0 Å². The van der Waals surface area contributed by atoms with Crippen LogP contribution in [0.3, 0.4) is 0 Å². The average molecular weight is 521 g/mol. The van der Waals surface area contributed by atoms with E-state index in [0.29, 0.717) is 11.3 Å². The highest BCUT2D eigenvalue weighted by Gasteiger charge is 2.31. The van der Waals surface area contributed by atoms with Gasteiger partial charge in [0.05, 0.1) is 24.0 Å². The third kappa shape index (κ3) is 7.94. The molecule has 196 valence electrons. The van der Waals surface area contributed by atoms with Gasteiger partial charge in [0.25, 0.3) is 5.69 Å². The number of nitrogens with one attached hydrogen (secondary N) is 1. The first-order chi connectivity index (χ1) is 16.6. The zero-order valence-corrected chi connectivity index (χ0v) is 22.0. The molecule has 11 nitrogen and oxygen atoms in total. The highest BCUT2D eigenvalue weighted by Crippen LogP contribution is 2.24. The number of rotatable bonds is 10. The van der Waals surface area contributed by atoms with Gasteiger partial charge in [-0.2, -0.15) is 0 Å². The van der Waals surface area contributed by atoms with Crippen molar-refractivity contribution in [2.24, 2.45) is 0 Å². The van der Waals surface area contributed by atoms with Crippen LogP contribution in [-0.2, 0) is 26.2 Å². The van der Waals surface area contributed by atoms with Gasteiger partial charge in [0, 0.05) is 24.2 Å². The summed E-state index contributed by atoms with van der Waals surface area (Å²) in [5, 5.41) is 14.0. The summed E-state index contributed by atoms with van der Waals surface area (Å²) in [4.78, 5) is 38.3. The summed E-state index contributed by atoms with van der Waals surface area (Å²) in [6.07, 6.45) is 0.904. The Morgan fingerprint density at radius 1 is 1.14 bits per heavy atom. The number of carbonyl (C=O) groups is 2. The number of methoxy groups -OCH3 is 1. The predicted octanol–water partition coefficient (Wildman–Crippen LogP) is 2.70. The minimum atomic E-state index is -4.00. The van der Waals surface area contributed by atoms with Crippen LogP contribution in [0.5, 0.6) is 5.75 Å². The van der Waals surface area contributed by atoms with Crippen LogP contribution in [0.1, 0.15) is 33.3 Å². The Bertz CT molecular complexity index is 1220. The molecule has 0 spiro atoms. The number of non-ortho nitro benzene ring substituents is 1. The number of sulfonamides is 1. The molecule has 0 heterocycles. The third-order valence-electron chi connectivity index (χ3n) is 5.16. The standard InChI is InChI=1S/C24H32N4O7S/c1-17(23(30)25-24(2,3)4)26(15-18-9-7-12-21(13-18)35-5)22(29)16-27(36(6,33)34)19-10-8-11-20(14-19)28(31)32/h7-14,17H,15-16H2,1-6H3,(H,25,30)/t17-/m0/s1. The van der Waals surface area contributed by atoms with Crippen molar-refractivity contribution in [3.8, 4) is 5.75 Å². The lowest BCUT2D eigenvalue weighted by Gasteiger charge is -2.33. The molecule has 2 amide bonds. The van der Waals surface area contributed by atoms with Gasteiger partial charge >= 0.3 is 0 Å². The zero-order valence-electron chi connectivity index (χ0n) is 21.2. The van der Waals surface area contributed by atoms with E-state index in [-0.39, 0.29) is 17.9 Å². The molecule has 0 saturated heterocycles. The molecule has 0 bridgehead atoms. The van der Waals surface area contributed by atoms with Crippen LogP contribution in [0.15, 0.2) is 48.5 Å². The zero-order chi connectivity index (χ0) is 27.3. The number of carbonyl (C=O) groups excluding carboxylic acids is 2. The second kappa shape index (κ2) is 11.4. The molecule has 1 N–H and O–H groups in total. The van der Waals surface area contributed by atoms with Crippen LogP contribution in [0.25, 0.3) is 0 Å². The predicted molar refractivity (Wildman–Crippen MR) is 136 cm³/mol. The molecule has 2 aromatic carbocycles. The van der Waals surface area contributed by atoms with E-state index in [9.17, 15) is 28.1 Å². The number of nitro benzene ring substituents is 1. The van der Waals surface area contributed by atoms with Crippen LogP contribution in [0.2, 0.25) is 0 Å². The molecule has 0 unspecified atom stereocenters. The monoisotopic (exact) mass is 520 g/mol. The Morgan fingerprint density at radius 3 is 2.33 bits per heavy atom. The van der Waals surface area contributed by atoms with Crippen LogP contribution in [-0.4, -0.2) is 61.5 Å². The van der Waals surface area contributed by atoms with Crippen molar-refractivity contribution >= 4 is 33.2 Å². The van der Waals surface area contributed by atoms with Gasteiger partial charge in [0.2, 0.25) is 21.8 Å². The molecule has 36 heavy (non-hydrogen) atoms. The van der Waals surface area contributed by atoms with Gasteiger partial charge < -0.3 is 15.0 Å². The average Bonchev–Trinajstić information content (AvgIpc) is 2.78. The summed E-state index contributed by atoms with van der Waals surface area (Å²) in [6, 6.07) is 11.0. The van der Waals surface area contributed by atoms with E-state index >= 15 is 0 Å². The van der Waals surface area contributed by atoms with Crippen LogP contribution < -0.4 is 14.4 Å². The lowest BCUT2D eigenvalue weighted by Crippen LogP contribution is -2.54. The van der Waals surface area contributed by atoms with Gasteiger partial charge in [-0.25, -0.2) is 8.42 Å². The Hall–Kier alpha value is -3.67. The summed E-state index contributed by atoms with van der Waals surface area (Å²) < 4.78 is 31.2. The van der Waals surface area contributed by atoms with Gasteiger partial charge in [-0.15, -0.1) is 0 Å². The second-order valence-electron chi connectivity index (χ2n) is 9.33. The van der Waals surface area contributed by atoms with Crippen LogP contribution in [0, 0.1) is 10.1 Å². The minimum absolute atomic E-state index is 0.00129. The van der Waals surface area contributed by atoms with Crippen molar-refractivity contribution in [3.05, 3.63) is 64.2 Å². The molecule has 0 saturated carbocycles. The van der Waals surface area contributed by atoms with Crippen molar-refractivity contribution in [2.45, 2.75) is 45.8 Å². The Morgan fingerprint density at radius 2 is 1.78 bits per heavy atom. The summed E-state index contributed by atoms with van der Waals surface area (Å²) in [5.74, 6) is -0.521. The molecule has 2 aromatic rings. The fourth-order valence-corrected chi connectivity index (χ4v) is 4.24. The smallest absolute Gasteiger partial charge is 0.271 e. The van der Waals surface area contributed by atoms with Crippen LogP contribution in [0.4, 0.5) is 11.4 Å². The normalized spacial score (nSPS) is 12.4. The first kappa shape index (κ1) is 28.6. The largest absolute Gasteiger partial charge is 0.497 e. The van der Waals surface area contributed by atoms with E-state index in [1.54, 1.807) is 52.0 Å². The minimum Gasteiger partial charge on any atom is -0.497 e. The van der Waals surface area contributed by atoms with Gasteiger partial charge in [-0.05, 0) is 51.5 Å². The number of nitro groups is 1. The first-order valence-corrected chi connectivity index (χ1v) is 12.9. The fraction of sp³-hybridized carbons (Fsp3) is 0.417. The van der Waals surface area contributed by atoms with Crippen molar-refractivity contribution in [1.29, 1.82) is 0 Å². The molecule has 2 rings (SSSR count). The number of ether oxygens (including phenoxy) is 1. The van der Waals surface area contributed by atoms with Crippen molar-refractivity contribution in [3.63, 3.8) is 0 Å². The van der Waals surface area contributed by atoms with E-state index < -0.39 is 44.9 Å². The lowest BCUT2D eigenvalue weighted by molar-refractivity contribution is -0.384. The second-order valence-corrected chi connectivity index (χ2v) is 11.2. The molecular weight excluding hydrogens is 488 g/mol. The van der Waals surface area contributed by atoms with E-state index in [1.165, 1.54) is 30.2 Å². The number of hydrogen-bond acceptors (Lipinski definition) is 7. The maximum Gasteiger partial charge on any atom is 0.271 e. The van der Waals surface area contributed by atoms with E-state index in [1.807, 2.05) is 0 Å². The number of nitrogens with zero attached hydrogens (tertiary/aromatic N) is 3. The summed E-state index contributed by atoms with van der Waals surface area (Å²) >= 11 is 0. The Labute approximate surface area is 211 Å². The van der Waals surface area contributed by atoms with E-state index in [4.69, 9.17) is 4.74 Å². The molecule has 0 aliphatic heterocycles. The maximum absolute atomic E-state index is 13.5. The van der Waals surface area contributed by atoms with Crippen LogP contribution >= 0.6 is 0 Å².